The van der Waals surface area contributed by atoms with Gasteiger partial charge >= 0.3 is 0 Å². The molecule has 90 valence electrons. The van der Waals surface area contributed by atoms with Gasteiger partial charge in [0.1, 0.15) is 12.2 Å². The van der Waals surface area contributed by atoms with Crippen LogP contribution in [0.1, 0.15) is 25.6 Å². The summed E-state index contributed by atoms with van der Waals surface area (Å²) in [6.45, 7) is 5.18. The zero-order valence-corrected chi connectivity index (χ0v) is 10.1. The second-order valence-corrected chi connectivity index (χ2v) is 4.64. The van der Waals surface area contributed by atoms with Crippen LogP contribution in [-0.2, 0) is 13.5 Å². The van der Waals surface area contributed by atoms with E-state index in [2.05, 4.69) is 21.9 Å². The lowest BCUT2D eigenvalue weighted by atomic mass is 9.88. The van der Waals surface area contributed by atoms with E-state index in [-0.39, 0.29) is 0 Å². The summed E-state index contributed by atoms with van der Waals surface area (Å²) >= 11 is 0. The molecule has 1 fully saturated rings. The Morgan fingerprint density at radius 2 is 2.12 bits per heavy atom. The van der Waals surface area contributed by atoms with Crippen LogP contribution in [0.15, 0.2) is 6.33 Å². The number of hydrogen-bond donors (Lipinski definition) is 1. The summed E-state index contributed by atoms with van der Waals surface area (Å²) in [5, 5.41) is 14.5. The van der Waals surface area contributed by atoms with Crippen molar-refractivity contribution >= 4 is 0 Å². The average Bonchev–Trinajstić information content (AvgIpc) is 2.65. The number of rotatable bonds is 3. The highest BCUT2D eigenvalue weighted by atomic mass is 16.3. The van der Waals surface area contributed by atoms with Gasteiger partial charge in [-0.2, -0.15) is 5.10 Å². The number of aromatic nitrogens is 3. The maximum Gasteiger partial charge on any atom is 0.138 e. The summed E-state index contributed by atoms with van der Waals surface area (Å²) in [4.78, 5) is 6.54. The average molecular weight is 224 g/mol. The van der Waals surface area contributed by atoms with Gasteiger partial charge in [-0.1, -0.05) is 6.92 Å². The van der Waals surface area contributed by atoms with E-state index < -0.39 is 5.60 Å². The molecule has 0 unspecified atom stereocenters. The first-order valence-electron chi connectivity index (χ1n) is 5.90. The SMILES string of the molecule is CCN1CCC(O)(Cc2ncnn2C)CC1. The van der Waals surface area contributed by atoms with Crippen LogP contribution in [0.2, 0.25) is 0 Å². The number of likely N-dealkylation sites (tertiary alicyclic amines) is 1. The van der Waals surface area contributed by atoms with Crippen LogP contribution in [0.5, 0.6) is 0 Å². The molecule has 1 aliphatic rings. The first-order valence-corrected chi connectivity index (χ1v) is 5.90. The Morgan fingerprint density at radius 1 is 1.44 bits per heavy atom. The highest BCUT2D eigenvalue weighted by Crippen LogP contribution is 2.25. The lowest BCUT2D eigenvalue weighted by Crippen LogP contribution is -2.45. The third-order valence-corrected chi connectivity index (χ3v) is 3.53. The molecule has 0 radical (unpaired) electrons. The van der Waals surface area contributed by atoms with E-state index in [1.807, 2.05) is 7.05 Å². The van der Waals surface area contributed by atoms with E-state index in [4.69, 9.17) is 0 Å². The molecule has 2 rings (SSSR count). The monoisotopic (exact) mass is 224 g/mol. The zero-order valence-electron chi connectivity index (χ0n) is 10.1. The molecule has 0 aliphatic carbocycles. The van der Waals surface area contributed by atoms with Gasteiger partial charge in [-0.15, -0.1) is 0 Å². The fourth-order valence-electron chi connectivity index (χ4n) is 2.24. The fraction of sp³-hybridized carbons (Fsp3) is 0.818. The lowest BCUT2D eigenvalue weighted by molar-refractivity contribution is -0.0214. The molecule has 1 aliphatic heterocycles. The third-order valence-electron chi connectivity index (χ3n) is 3.53. The van der Waals surface area contributed by atoms with Crippen LogP contribution in [0.25, 0.3) is 0 Å². The van der Waals surface area contributed by atoms with Gasteiger partial charge in [0.2, 0.25) is 0 Å². The van der Waals surface area contributed by atoms with Crippen molar-refractivity contribution in [2.45, 2.75) is 31.8 Å². The van der Waals surface area contributed by atoms with Gasteiger partial charge in [0.15, 0.2) is 0 Å². The van der Waals surface area contributed by atoms with E-state index in [1.165, 1.54) is 0 Å². The second-order valence-electron chi connectivity index (χ2n) is 4.64. The fourth-order valence-corrected chi connectivity index (χ4v) is 2.24. The number of nitrogens with zero attached hydrogens (tertiary/aromatic N) is 4. The molecule has 0 atom stereocenters. The molecule has 0 aromatic carbocycles. The molecular formula is C11H20N4O. The molecule has 0 bridgehead atoms. The summed E-state index contributed by atoms with van der Waals surface area (Å²) < 4.78 is 1.74. The van der Waals surface area contributed by atoms with E-state index in [0.29, 0.717) is 6.42 Å². The predicted octanol–water partition coefficient (Wildman–Crippen LogP) is 0.204. The number of aryl methyl sites for hydroxylation is 1. The normalized spacial score (nSPS) is 21.2. The van der Waals surface area contributed by atoms with Crippen molar-refractivity contribution in [3.63, 3.8) is 0 Å². The maximum atomic E-state index is 10.5. The van der Waals surface area contributed by atoms with Gasteiger partial charge in [-0.25, -0.2) is 4.98 Å². The summed E-state index contributed by atoms with van der Waals surface area (Å²) in [5.74, 6) is 0.868. The van der Waals surface area contributed by atoms with Crippen LogP contribution in [0.3, 0.4) is 0 Å². The molecule has 16 heavy (non-hydrogen) atoms. The van der Waals surface area contributed by atoms with Gasteiger partial charge < -0.3 is 10.0 Å². The summed E-state index contributed by atoms with van der Waals surface area (Å²) in [5.41, 5.74) is -0.591. The number of aliphatic hydroxyl groups is 1. The predicted molar refractivity (Wildman–Crippen MR) is 61.0 cm³/mol. The van der Waals surface area contributed by atoms with Gasteiger partial charge in [0.05, 0.1) is 5.60 Å². The van der Waals surface area contributed by atoms with Gasteiger partial charge in [0.25, 0.3) is 0 Å². The van der Waals surface area contributed by atoms with Crippen molar-refractivity contribution in [2.75, 3.05) is 19.6 Å². The van der Waals surface area contributed by atoms with Crippen molar-refractivity contribution in [1.29, 1.82) is 0 Å². The molecule has 0 amide bonds. The molecule has 1 aromatic heterocycles. The largest absolute Gasteiger partial charge is 0.389 e. The number of piperidine rings is 1. The molecule has 5 heteroatoms. The lowest BCUT2D eigenvalue weighted by Gasteiger charge is -2.37. The molecular weight excluding hydrogens is 204 g/mol. The van der Waals surface area contributed by atoms with Crippen LogP contribution >= 0.6 is 0 Å². The Morgan fingerprint density at radius 3 is 2.62 bits per heavy atom. The van der Waals surface area contributed by atoms with Crippen molar-refractivity contribution in [3.8, 4) is 0 Å². The third kappa shape index (κ3) is 2.41. The minimum Gasteiger partial charge on any atom is -0.389 e. The van der Waals surface area contributed by atoms with Crippen molar-refractivity contribution < 1.29 is 5.11 Å². The van der Waals surface area contributed by atoms with Gasteiger partial charge in [0, 0.05) is 26.6 Å². The van der Waals surface area contributed by atoms with Crippen LogP contribution < -0.4 is 0 Å². The Bertz CT molecular complexity index is 342. The second kappa shape index (κ2) is 4.51. The highest BCUT2D eigenvalue weighted by molar-refractivity contribution is 4.96. The smallest absolute Gasteiger partial charge is 0.138 e. The molecule has 0 spiro atoms. The number of hydrogen-bond acceptors (Lipinski definition) is 4. The van der Waals surface area contributed by atoms with Crippen LogP contribution in [0.4, 0.5) is 0 Å². The van der Waals surface area contributed by atoms with Crippen molar-refractivity contribution in [3.05, 3.63) is 12.2 Å². The standard InChI is InChI=1S/C11H20N4O/c1-3-15-6-4-11(16,5-7-15)8-10-12-9-13-14(10)2/h9,16H,3-8H2,1-2H3. The minimum atomic E-state index is -0.591. The Balaban J connectivity index is 1.97. The first kappa shape index (κ1) is 11.5. The topological polar surface area (TPSA) is 54.2 Å². The highest BCUT2D eigenvalue weighted by Gasteiger charge is 2.33. The minimum absolute atomic E-state index is 0.591. The Hall–Kier alpha value is -0.940. The Kier molecular flexibility index (Phi) is 3.25. The molecule has 1 aromatic rings. The first-order chi connectivity index (χ1) is 7.63. The van der Waals surface area contributed by atoms with E-state index in [1.54, 1.807) is 11.0 Å². The van der Waals surface area contributed by atoms with E-state index in [9.17, 15) is 5.11 Å². The quantitative estimate of drug-likeness (QED) is 0.797. The maximum absolute atomic E-state index is 10.5. The molecule has 5 nitrogen and oxygen atoms in total. The summed E-state index contributed by atoms with van der Waals surface area (Å²) in [6.07, 6.45) is 3.81. The summed E-state index contributed by atoms with van der Waals surface area (Å²) in [7, 11) is 1.87. The summed E-state index contributed by atoms with van der Waals surface area (Å²) in [6, 6.07) is 0. The molecule has 2 heterocycles. The Labute approximate surface area is 96.1 Å². The van der Waals surface area contributed by atoms with Crippen molar-refractivity contribution in [1.82, 2.24) is 19.7 Å². The van der Waals surface area contributed by atoms with Gasteiger partial charge in [-0.3, -0.25) is 4.68 Å². The van der Waals surface area contributed by atoms with Crippen LogP contribution in [0, 0.1) is 0 Å². The van der Waals surface area contributed by atoms with Gasteiger partial charge in [-0.05, 0) is 19.4 Å². The van der Waals surface area contributed by atoms with E-state index >= 15 is 0 Å². The molecule has 0 saturated carbocycles. The molecule has 1 N–H and O–H groups in total. The molecule has 1 saturated heterocycles. The van der Waals surface area contributed by atoms with Crippen LogP contribution in [-0.4, -0.2) is 50.0 Å². The zero-order chi connectivity index (χ0) is 11.6. The van der Waals surface area contributed by atoms with E-state index in [0.717, 1.165) is 38.3 Å². The van der Waals surface area contributed by atoms with Crippen molar-refractivity contribution in [2.24, 2.45) is 7.05 Å².